The van der Waals surface area contributed by atoms with Gasteiger partial charge in [0.05, 0.1) is 46.8 Å². The number of hydrogen-bond donors (Lipinski definition) is 1. The Hall–Kier alpha value is -3.88. The van der Waals surface area contributed by atoms with Gasteiger partial charge in [0.1, 0.15) is 0 Å². The van der Waals surface area contributed by atoms with Gasteiger partial charge in [-0.15, -0.1) is 0 Å². The number of nitrogens with one attached hydrogen (secondary N) is 1. The first-order chi connectivity index (χ1) is 21.2. The number of nitrogens with zero attached hydrogens (tertiary/aromatic N) is 4. The number of anilines is 2. The number of esters is 1. The van der Waals surface area contributed by atoms with Gasteiger partial charge in [0.2, 0.25) is 0 Å². The Labute approximate surface area is 269 Å². The number of benzene rings is 2. The number of piperidine rings is 1. The third-order valence-electron chi connectivity index (χ3n) is 8.86. The van der Waals surface area contributed by atoms with E-state index in [2.05, 4.69) is 65.6 Å². The van der Waals surface area contributed by atoms with Gasteiger partial charge in [-0.2, -0.15) is 0 Å². The largest absolute Gasteiger partial charge is 0.465 e. The number of methoxy groups -OCH3 is 1. The fourth-order valence-corrected chi connectivity index (χ4v) is 7.76. The second-order valence-corrected chi connectivity index (χ2v) is 12.9. The zero-order valence-electron chi connectivity index (χ0n) is 25.8. The van der Waals surface area contributed by atoms with Crippen LogP contribution >= 0.6 is 23.8 Å². The van der Waals surface area contributed by atoms with Gasteiger partial charge in [0.25, 0.3) is 0 Å². The lowest BCUT2D eigenvalue weighted by atomic mass is 9.91. The molecule has 2 aromatic carbocycles. The average Bonchev–Trinajstić information content (AvgIpc) is 3.50. The first-order valence-electron chi connectivity index (χ1n) is 15.1. The van der Waals surface area contributed by atoms with E-state index in [1.54, 1.807) is 6.07 Å². The number of aromatic nitrogens is 2. The lowest BCUT2D eigenvalue weighted by Gasteiger charge is -2.37. The third kappa shape index (κ3) is 5.46. The highest BCUT2D eigenvalue weighted by Crippen LogP contribution is 2.45. The Bertz CT molecular complexity index is 1700. The number of rotatable bonds is 6. The minimum Gasteiger partial charge on any atom is -0.465 e. The summed E-state index contributed by atoms with van der Waals surface area (Å²) in [5.41, 5.74) is 7.20. The Morgan fingerprint density at radius 1 is 1.00 bits per heavy atom. The van der Waals surface area contributed by atoms with E-state index in [4.69, 9.17) is 33.5 Å². The number of thiocarbonyl (C=S) groups is 1. The maximum absolute atomic E-state index is 12.7. The second-order valence-electron chi connectivity index (χ2n) is 12.2. The molecule has 0 saturated carbocycles. The van der Waals surface area contributed by atoms with Crippen LogP contribution in [0.2, 0.25) is 5.02 Å². The molecule has 0 unspecified atom stereocenters. The van der Waals surface area contributed by atoms with Crippen molar-refractivity contribution >= 4 is 46.3 Å². The molecule has 9 heteroatoms. The molecular formula is C35H38ClN5O2S. The van der Waals surface area contributed by atoms with Gasteiger partial charge in [-0.3, -0.25) is 4.98 Å². The summed E-state index contributed by atoms with van der Waals surface area (Å²) in [5, 5.41) is 4.89. The highest BCUT2D eigenvalue weighted by molar-refractivity contribution is 7.80. The average molecular weight is 628 g/mol. The SMILES string of the molecule is COC(=O)c1ccccc1-n1c(C)cc([C@@H]2[C@H](c3ccccn3)NC(=S)N2c2ccc(N3C[C@H](C)C[C@H](C)C3)c(Cl)c2)c1C. The molecule has 1 N–H and O–H groups in total. The maximum Gasteiger partial charge on any atom is 0.339 e. The second kappa shape index (κ2) is 12.3. The molecule has 4 aromatic rings. The minimum absolute atomic E-state index is 0.212. The predicted octanol–water partition coefficient (Wildman–Crippen LogP) is 7.59. The highest BCUT2D eigenvalue weighted by Gasteiger charge is 2.42. The fraction of sp³-hybridized carbons (Fsp3) is 0.343. The minimum atomic E-state index is -0.376. The molecule has 2 fully saturated rings. The summed E-state index contributed by atoms with van der Waals surface area (Å²) >= 11 is 13.1. The standard InChI is InChI=1S/C35H38ClN5O2S/c1-21-16-22(2)20-39(19-21)31-14-13-25(18-28(31)36)41-33(32(38-35(41)44)29-11-8-9-15-37-29)27-17-23(3)40(24(27)4)30-12-7-6-10-26(30)34(42)43-5/h6-15,17-18,21-22,32-33H,16,19-20H2,1-5H3,(H,38,44)/t21-,22+,32-,33+/m0/s1. The van der Waals surface area contributed by atoms with Crippen molar-refractivity contribution in [3.8, 4) is 5.69 Å². The third-order valence-corrected chi connectivity index (χ3v) is 9.47. The summed E-state index contributed by atoms with van der Waals surface area (Å²) in [6, 6.07) is 21.5. The van der Waals surface area contributed by atoms with Crippen molar-refractivity contribution in [2.45, 2.75) is 46.2 Å². The van der Waals surface area contributed by atoms with Crippen LogP contribution in [-0.2, 0) is 4.74 Å². The molecule has 0 spiro atoms. The highest BCUT2D eigenvalue weighted by atomic mass is 35.5. The summed E-state index contributed by atoms with van der Waals surface area (Å²) in [5.74, 6) is 0.861. The van der Waals surface area contributed by atoms with E-state index >= 15 is 0 Å². The molecule has 0 aliphatic carbocycles. The number of ether oxygens (including phenoxy) is 1. The van der Waals surface area contributed by atoms with Crippen LogP contribution in [0, 0.1) is 25.7 Å². The van der Waals surface area contributed by atoms with E-state index in [1.807, 2.05) is 48.7 Å². The van der Waals surface area contributed by atoms with E-state index in [0.29, 0.717) is 27.5 Å². The number of aryl methyl sites for hydroxylation is 1. The molecule has 2 aliphatic rings. The van der Waals surface area contributed by atoms with Gasteiger partial charge in [-0.05, 0) is 98.4 Å². The van der Waals surface area contributed by atoms with Gasteiger partial charge in [-0.1, -0.05) is 43.6 Å². The van der Waals surface area contributed by atoms with Gasteiger partial charge in [0.15, 0.2) is 5.11 Å². The molecule has 228 valence electrons. The molecule has 2 aliphatic heterocycles. The summed E-state index contributed by atoms with van der Waals surface area (Å²) in [7, 11) is 1.41. The number of hydrogen-bond acceptors (Lipinski definition) is 5. The molecule has 4 heterocycles. The van der Waals surface area contributed by atoms with Crippen molar-refractivity contribution in [2.75, 3.05) is 30.0 Å². The van der Waals surface area contributed by atoms with Crippen LogP contribution in [-0.4, -0.2) is 40.8 Å². The smallest absolute Gasteiger partial charge is 0.339 e. The number of para-hydroxylation sites is 1. The predicted molar refractivity (Wildman–Crippen MR) is 181 cm³/mol. The van der Waals surface area contributed by atoms with Gasteiger partial charge in [-0.25, -0.2) is 4.79 Å². The molecular weight excluding hydrogens is 590 g/mol. The lowest BCUT2D eigenvalue weighted by Crippen LogP contribution is -2.38. The molecule has 44 heavy (non-hydrogen) atoms. The maximum atomic E-state index is 12.7. The fourth-order valence-electron chi connectivity index (χ4n) is 7.12. The van der Waals surface area contributed by atoms with Crippen LogP contribution in [0.4, 0.5) is 11.4 Å². The number of halogens is 1. The lowest BCUT2D eigenvalue weighted by molar-refractivity contribution is 0.0600. The van der Waals surface area contributed by atoms with Gasteiger partial charge in [0, 0.05) is 36.4 Å². The Morgan fingerprint density at radius 3 is 2.41 bits per heavy atom. The van der Waals surface area contributed by atoms with Gasteiger partial charge < -0.3 is 24.4 Å². The first-order valence-corrected chi connectivity index (χ1v) is 15.9. The Balaban J connectivity index is 1.46. The Morgan fingerprint density at radius 2 is 1.73 bits per heavy atom. The van der Waals surface area contributed by atoms with Crippen molar-refractivity contribution < 1.29 is 9.53 Å². The number of carbonyl (C=O) groups excluding carboxylic acids is 1. The van der Waals surface area contributed by atoms with E-state index in [0.717, 1.165) is 52.8 Å². The molecule has 4 atom stereocenters. The van der Waals surface area contributed by atoms with Crippen LogP contribution < -0.4 is 15.1 Å². The Kier molecular flexibility index (Phi) is 8.40. The van der Waals surface area contributed by atoms with Gasteiger partial charge >= 0.3 is 5.97 Å². The zero-order chi connectivity index (χ0) is 31.1. The van der Waals surface area contributed by atoms with Crippen LogP contribution in [0.1, 0.15) is 65.4 Å². The van der Waals surface area contributed by atoms with E-state index in [9.17, 15) is 4.79 Å². The summed E-state index contributed by atoms with van der Waals surface area (Å²) in [6.07, 6.45) is 3.04. The van der Waals surface area contributed by atoms with Crippen LogP contribution in [0.5, 0.6) is 0 Å². The molecule has 7 nitrogen and oxygen atoms in total. The van der Waals surface area contributed by atoms with Crippen LogP contribution in [0.25, 0.3) is 5.69 Å². The van der Waals surface area contributed by atoms with Crippen molar-refractivity contribution in [2.24, 2.45) is 11.8 Å². The molecule has 0 bridgehead atoms. The van der Waals surface area contributed by atoms with Crippen molar-refractivity contribution in [1.82, 2.24) is 14.9 Å². The molecule has 2 aromatic heterocycles. The summed E-state index contributed by atoms with van der Waals surface area (Å²) in [6.45, 7) is 10.7. The quantitative estimate of drug-likeness (QED) is 0.175. The normalized spacial score (nSPS) is 21.8. The van der Waals surface area contributed by atoms with Crippen molar-refractivity contribution in [1.29, 1.82) is 0 Å². The van der Waals surface area contributed by atoms with E-state index in [1.165, 1.54) is 13.5 Å². The summed E-state index contributed by atoms with van der Waals surface area (Å²) in [4.78, 5) is 22.0. The summed E-state index contributed by atoms with van der Waals surface area (Å²) < 4.78 is 7.23. The van der Waals surface area contributed by atoms with E-state index in [-0.39, 0.29) is 18.1 Å². The zero-order valence-corrected chi connectivity index (χ0v) is 27.3. The molecule has 0 amide bonds. The monoisotopic (exact) mass is 627 g/mol. The molecule has 2 saturated heterocycles. The number of carbonyl (C=O) groups is 1. The van der Waals surface area contributed by atoms with E-state index < -0.39 is 0 Å². The van der Waals surface area contributed by atoms with Crippen LogP contribution in [0.3, 0.4) is 0 Å². The molecule has 0 radical (unpaired) electrons. The number of pyridine rings is 1. The van der Waals surface area contributed by atoms with Crippen LogP contribution in [0.15, 0.2) is 72.9 Å². The topological polar surface area (TPSA) is 62.6 Å². The van der Waals surface area contributed by atoms with Crippen molar-refractivity contribution in [3.63, 3.8) is 0 Å². The molecule has 6 rings (SSSR count). The van der Waals surface area contributed by atoms with Crippen molar-refractivity contribution in [3.05, 3.63) is 106 Å². The first kappa shape index (κ1) is 30.2.